The van der Waals surface area contributed by atoms with E-state index in [1.165, 1.54) is 32.1 Å². The van der Waals surface area contributed by atoms with Crippen molar-refractivity contribution in [3.8, 4) is 0 Å². The molecule has 0 aromatic carbocycles. The summed E-state index contributed by atoms with van der Waals surface area (Å²) in [6.45, 7) is 8.51. The minimum atomic E-state index is 0.0142. The van der Waals surface area contributed by atoms with E-state index in [-0.39, 0.29) is 6.03 Å². The lowest BCUT2D eigenvalue weighted by Crippen LogP contribution is -2.45. The average Bonchev–Trinajstić information content (AvgIpc) is 2.32. The van der Waals surface area contributed by atoms with E-state index in [0.29, 0.717) is 19.1 Å². The highest BCUT2D eigenvalue weighted by atomic mass is 16.2. The number of hydrogen-bond donors (Lipinski definition) is 1. The van der Waals surface area contributed by atoms with Crippen LogP contribution in [0.4, 0.5) is 4.79 Å². The van der Waals surface area contributed by atoms with Crippen molar-refractivity contribution in [2.45, 2.75) is 51.0 Å². The third-order valence-electron chi connectivity index (χ3n) is 3.42. The van der Waals surface area contributed by atoms with E-state index >= 15 is 0 Å². The van der Waals surface area contributed by atoms with Gasteiger partial charge >= 0.3 is 6.03 Å². The summed E-state index contributed by atoms with van der Waals surface area (Å²) in [5.74, 6) is 0. The zero-order valence-electron chi connectivity index (χ0n) is 11.4. The third kappa shape index (κ3) is 5.39. The Kier molecular flexibility index (Phi) is 7.23. The summed E-state index contributed by atoms with van der Waals surface area (Å²) >= 11 is 0. The Morgan fingerprint density at radius 1 is 1.06 bits per heavy atom. The molecule has 0 aromatic rings. The Balaban J connectivity index is 2.43. The molecule has 18 heavy (non-hydrogen) atoms. The van der Waals surface area contributed by atoms with Crippen molar-refractivity contribution in [3.63, 3.8) is 0 Å². The van der Waals surface area contributed by atoms with Crippen LogP contribution in [0.2, 0.25) is 0 Å². The molecular formula is C15H26N2O. The molecule has 1 fully saturated rings. The Morgan fingerprint density at radius 2 is 1.56 bits per heavy atom. The second kappa shape index (κ2) is 8.78. The van der Waals surface area contributed by atoms with Gasteiger partial charge in [-0.3, -0.25) is 0 Å². The summed E-state index contributed by atoms with van der Waals surface area (Å²) in [6, 6.07) is 0.357. The minimum absolute atomic E-state index is 0.0142. The molecule has 0 radical (unpaired) electrons. The fourth-order valence-electron chi connectivity index (χ4n) is 2.42. The van der Waals surface area contributed by atoms with E-state index in [2.05, 4.69) is 18.5 Å². The van der Waals surface area contributed by atoms with Crippen molar-refractivity contribution < 1.29 is 4.79 Å². The molecular weight excluding hydrogens is 224 g/mol. The SMILES string of the molecule is C=CCN(CC=C)C(=O)NC1CCCCCCC1. The smallest absolute Gasteiger partial charge is 0.318 e. The van der Waals surface area contributed by atoms with Crippen LogP contribution in [0, 0.1) is 0 Å². The first-order chi connectivity index (χ1) is 8.77. The molecule has 0 unspecified atom stereocenters. The van der Waals surface area contributed by atoms with Gasteiger partial charge in [0, 0.05) is 19.1 Å². The molecule has 0 heterocycles. The van der Waals surface area contributed by atoms with Crippen LogP contribution < -0.4 is 5.32 Å². The zero-order chi connectivity index (χ0) is 13.2. The van der Waals surface area contributed by atoms with Gasteiger partial charge in [0.05, 0.1) is 0 Å². The number of hydrogen-bond acceptors (Lipinski definition) is 1. The third-order valence-corrected chi connectivity index (χ3v) is 3.42. The van der Waals surface area contributed by atoms with E-state index in [1.807, 2.05) is 0 Å². The summed E-state index contributed by atoms with van der Waals surface area (Å²) in [5.41, 5.74) is 0. The summed E-state index contributed by atoms with van der Waals surface area (Å²) in [7, 11) is 0. The number of urea groups is 1. The van der Waals surface area contributed by atoms with Crippen molar-refractivity contribution in [2.75, 3.05) is 13.1 Å². The van der Waals surface area contributed by atoms with Gasteiger partial charge in [-0.05, 0) is 12.8 Å². The van der Waals surface area contributed by atoms with Crippen LogP contribution in [0.3, 0.4) is 0 Å². The Morgan fingerprint density at radius 3 is 2.06 bits per heavy atom. The van der Waals surface area contributed by atoms with E-state index in [0.717, 1.165) is 12.8 Å². The predicted molar refractivity (Wildman–Crippen MR) is 76.6 cm³/mol. The molecule has 3 nitrogen and oxygen atoms in total. The van der Waals surface area contributed by atoms with Crippen LogP contribution in [0.1, 0.15) is 44.9 Å². The molecule has 1 aliphatic carbocycles. The van der Waals surface area contributed by atoms with E-state index in [4.69, 9.17) is 0 Å². The molecule has 1 rings (SSSR count). The molecule has 0 atom stereocenters. The van der Waals surface area contributed by atoms with Crippen LogP contribution in [0.15, 0.2) is 25.3 Å². The van der Waals surface area contributed by atoms with Crippen molar-refractivity contribution in [2.24, 2.45) is 0 Å². The van der Waals surface area contributed by atoms with Gasteiger partial charge in [0.25, 0.3) is 0 Å². The maximum Gasteiger partial charge on any atom is 0.318 e. The average molecular weight is 250 g/mol. The Hall–Kier alpha value is -1.25. The second-order valence-electron chi connectivity index (χ2n) is 4.97. The lowest BCUT2D eigenvalue weighted by atomic mass is 9.97. The molecule has 3 heteroatoms. The van der Waals surface area contributed by atoms with Crippen molar-refractivity contribution in [3.05, 3.63) is 25.3 Å². The topological polar surface area (TPSA) is 32.3 Å². The Bertz CT molecular complexity index is 258. The van der Waals surface area contributed by atoms with Gasteiger partial charge in [-0.1, -0.05) is 44.3 Å². The summed E-state index contributed by atoms with van der Waals surface area (Å²) in [6.07, 6.45) is 12.1. The first-order valence-electron chi connectivity index (χ1n) is 7.05. The molecule has 0 spiro atoms. The number of carbonyl (C=O) groups excluding carboxylic acids is 1. The van der Waals surface area contributed by atoms with Crippen LogP contribution in [-0.4, -0.2) is 30.1 Å². The lowest BCUT2D eigenvalue weighted by molar-refractivity contribution is 0.201. The molecule has 1 N–H and O–H groups in total. The van der Waals surface area contributed by atoms with Crippen LogP contribution in [-0.2, 0) is 0 Å². The highest BCUT2D eigenvalue weighted by molar-refractivity contribution is 5.74. The number of carbonyl (C=O) groups is 1. The van der Waals surface area contributed by atoms with Gasteiger partial charge in [-0.2, -0.15) is 0 Å². The molecule has 1 aliphatic rings. The maximum atomic E-state index is 12.1. The van der Waals surface area contributed by atoms with Crippen LogP contribution in [0.25, 0.3) is 0 Å². The van der Waals surface area contributed by atoms with Gasteiger partial charge in [0.2, 0.25) is 0 Å². The highest BCUT2D eigenvalue weighted by Gasteiger charge is 2.17. The van der Waals surface area contributed by atoms with Gasteiger partial charge in [-0.15, -0.1) is 13.2 Å². The molecule has 102 valence electrons. The van der Waals surface area contributed by atoms with E-state index in [1.54, 1.807) is 17.1 Å². The first kappa shape index (κ1) is 14.8. The fraction of sp³-hybridized carbons (Fsp3) is 0.667. The molecule has 2 amide bonds. The van der Waals surface area contributed by atoms with Crippen LogP contribution >= 0.6 is 0 Å². The molecule has 0 aliphatic heterocycles. The molecule has 0 bridgehead atoms. The fourth-order valence-corrected chi connectivity index (χ4v) is 2.42. The number of nitrogens with one attached hydrogen (secondary N) is 1. The van der Waals surface area contributed by atoms with Crippen molar-refractivity contribution >= 4 is 6.03 Å². The summed E-state index contributed by atoms with van der Waals surface area (Å²) in [4.78, 5) is 13.8. The Labute approximate surface area is 111 Å². The van der Waals surface area contributed by atoms with E-state index in [9.17, 15) is 4.79 Å². The first-order valence-corrected chi connectivity index (χ1v) is 7.05. The second-order valence-corrected chi connectivity index (χ2v) is 4.97. The van der Waals surface area contributed by atoms with Gasteiger partial charge in [0.1, 0.15) is 0 Å². The lowest BCUT2D eigenvalue weighted by Gasteiger charge is -2.26. The molecule has 0 saturated heterocycles. The molecule has 0 aromatic heterocycles. The summed E-state index contributed by atoms with van der Waals surface area (Å²) in [5, 5.41) is 3.15. The normalized spacial score (nSPS) is 17.3. The number of nitrogens with zero attached hydrogens (tertiary/aromatic N) is 1. The predicted octanol–water partition coefficient (Wildman–Crippen LogP) is 3.48. The quantitative estimate of drug-likeness (QED) is 0.744. The van der Waals surface area contributed by atoms with Crippen molar-refractivity contribution in [1.82, 2.24) is 10.2 Å². The van der Waals surface area contributed by atoms with Crippen molar-refractivity contribution in [1.29, 1.82) is 0 Å². The minimum Gasteiger partial charge on any atom is -0.335 e. The van der Waals surface area contributed by atoms with Gasteiger partial charge in [-0.25, -0.2) is 4.79 Å². The molecule has 1 saturated carbocycles. The van der Waals surface area contributed by atoms with Gasteiger partial charge in [0.15, 0.2) is 0 Å². The largest absolute Gasteiger partial charge is 0.335 e. The number of rotatable bonds is 5. The summed E-state index contributed by atoms with van der Waals surface area (Å²) < 4.78 is 0. The zero-order valence-corrected chi connectivity index (χ0v) is 11.4. The maximum absolute atomic E-state index is 12.1. The van der Waals surface area contributed by atoms with E-state index < -0.39 is 0 Å². The highest BCUT2D eigenvalue weighted by Crippen LogP contribution is 2.17. The van der Waals surface area contributed by atoms with Gasteiger partial charge < -0.3 is 10.2 Å². The standard InChI is InChI=1S/C15H26N2O/c1-3-12-17(13-4-2)15(18)16-14-10-8-6-5-7-9-11-14/h3-4,14H,1-2,5-13H2,(H,16,18). The number of amides is 2. The van der Waals surface area contributed by atoms with Crippen LogP contribution in [0.5, 0.6) is 0 Å². The monoisotopic (exact) mass is 250 g/mol.